The maximum Gasteiger partial charge on any atom is 0.322 e. The van der Waals surface area contributed by atoms with E-state index in [1.165, 1.54) is 89.9 Å². The molecule has 0 amide bonds. The molecule has 0 saturated carbocycles. The van der Waals surface area contributed by atoms with Crippen molar-refractivity contribution >= 4 is 24.6 Å². The molecule has 0 fully saturated rings. The Kier molecular flexibility index (Phi) is 20.7. The molecule has 0 spiro atoms. The topological polar surface area (TPSA) is 52.6 Å². The fourth-order valence-corrected chi connectivity index (χ4v) is 4.30. The van der Waals surface area contributed by atoms with Crippen LogP contribution < -0.4 is 0 Å². The summed E-state index contributed by atoms with van der Waals surface area (Å²) in [4.78, 5) is 24.2. The lowest BCUT2D eigenvalue weighted by atomic mass is 9.95. The van der Waals surface area contributed by atoms with E-state index in [0.717, 1.165) is 12.8 Å². The van der Waals surface area contributed by atoms with Crippen LogP contribution in [0.3, 0.4) is 0 Å². The van der Waals surface area contributed by atoms with E-state index in [0.29, 0.717) is 19.6 Å². The van der Waals surface area contributed by atoms with Gasteiger partial charge in [0.05, 0.1) is 19.6 Å². The predicted octanol–water partition coefficient (Wildman–Crippen LogP) is 7.82. The summed E-state index contributed by atoms with van der Waals surface area (Å²) in [5.41, 5.74) is 0. The van der Waals surface area contributed by atoms with Crippen molar-refractivity contribution in [3.63, 3.8) is 0 Å². The van der Waals surface area contributed by atoms with Crippen molar-refractivity contribution in [1.82, 2.24) is 0 Å². The molecule has 0 aliphatic rings. The number of esters is 2. The summed E-state index contributed by atoms with van der Waals surface area (Å²) in [5, 5.41) is 0. The highest BCUT2D eigenvalue weighted by molar-refractivity contribution is 7.82. The normalized spacial score (nSPS) is 13.0. The summed E-state index contributed by atoms with van der Waals surface area (Å²) in [5.74, 6) is -0.797. The van der Waals surface area contributed by atoms with Gasteiger partial charge in [-0.25, -0.2) is 0 Å². The fourth-order valence-electron chi connectivity index (χ4n) is 3.94. The van der Waals surface area contributed by atoms with Crippen LogP contribution in [0.2, 0.25) is 0 Å². The Morgan fingerprint density at radius 2 is 1.00 bits per heavy atom. The average molecular weight is 459 g/mol. The molecule has 0 aliphatic heterocycles. The second-order valence-corrected chi connectivity index (χ2v) is 9.64. The molecular weight excluding hydrogens is 408 g/mol. The van der Waals surface area contributed by atoms with Crippen LogP contribution in [-0.4, -0.2) is 29.9 Å². The highest BCUT2D eigenvalue weighted by atomic mass is 32.1. The molecule has 0 aromatic heterocycles. The first-order valence-corrected chi connectivity index (χ1v) is 13.5. The molecule has 31 heavy (non-hydrogen) atoms. The number of rotatable bonds is 22. The molecule has 0 heterocycles. The summed E-state index contributed by atoms with van der Waals surface area (Å²) >= 11 is 4.53. The Morgan fingerprint density at radius 1 is 0.613 bits per heavy atom. The van der Waals surface area contributed by atoms with Crippen LogP contribution in [0, 0.1) is 0 Å². The van der Waals surface area contributed by atoms with E-state index in [-0.39, 0.29) is 12.4 Å². The van der Waals surface area contributed by atoms with Crippen molar-refractivity contribution in [3.8, 4) is 0 Å². The molecule has 0 saturated heterocycles. The lowest BCUT2D eigenvalue weighted by Crippen LogP contribution is -2.37. The third-order valence-corrected chi connectivity index (χ3v) is 6.41. The molecule has 0 aromatic carbocycles. The highest BCUT2D eigenvalue weighted by Gasteiger charge is 2.38. The van der Waals surface area contributed by atoms with Crippen molar-refractivity contribution < 1.29 is 19.1 Å². The SMILES string of the molecule is CCCCCCCCCCCCCCCCCCC(S)(CC(=O)OCC)C(=O)OCC. The molecule has 1 unspecified atom stereocenters. The van der Waals surface area contributed by atoms with Gasteiger partial charge in [-0.1, -0.05) is 110 Å². The summed E-state index contributed by atoms with van der Waals surface area (Å²) < 4.78 is 9.07. The van der Waals surface area contributed by atoms with Gasteiger partial charge in [-0.15, -0.1) is 0 Å². The molecule has 1 atom stereocenters. The third kappa shape index (κ3) is 17.5. The van der Waals surface area contributed by atoms with Crippen LogP contribution >= 0.6 is 12.6 Å². The van der Waals surface area contributed by atoms with Gasteiger partial charge < -0.3 is 9.47 Å². The maximum atomic E-state index is 12.3. The molecule has 0 aromatic rings. The maximum absolute atomic E-state index is 12.3. The minimum absolute atomic E-state index is 0.0263. The van der Waals surface area contributed by atoms with E-state index in [1.807, 2.05) is 0 Å². The van der Waals surface area contributed by atoms with E-state index in [4.69, 9.17) is 9.47 Å². The van der Waals surface area contributed by atoms with Crippen molar-refractivity contribution in [2.24, 2.45) is 0 Å². The van der Waals surface area contributed by atoms with E-state index in [2.05, 4.69) is 19.6 Å². The predicted molar refractivity (Wildman–Crippen MR) is 134 cm³/mol. The minimum atomic E-state index is -1.07. The van der Waals surface area contributed by atoms with Gasteiger partial charge in [-0.05, 0) is 20.3 Å². The number of unbranched alkanes of at least 4 members (excludes halogenated alkanes) is 15. The first kappa shape index (κ1) is 30.3. The zero-order valence-corrected chi connectivity index (χ0v) is 21.6. The van der Waals surface area contributed by atoms with Crippen LogP contribution in [0.1, 0.15) is 136 Å². The lowest BCUT2D eigenvalue weighted by Gasteiger charge is -2.25. The molecule has 0 aliphatic carbocycles. The molecule has 184 valence electrons. The van der Waals surface area contributed by atoms with Crippen LogP contribution in [-0.2, 0) is 19.1 Å². The molecular formula is C26H50O4S. The first-order valence-electron chi connectivity index (χ1n) is 13.0. The van der Waals surface area contributed by atoms with Gasteiger partial charge in [0.1, 0.15) is 4.75 Å². The fraction of sp³-hybridized carbons (Fsp3) is 0.923. The van der Waals surface area contributed by atoms with E-state index in [1.54, 1.807) is 13.8 Å². The molecule has 0 radical (unpaired) electrons. The van der Waals surface area contributed by atoms with Crippen LogP contribution in [0.4, 0.5) is 0 Å². The quantitative estimate of drug-likeness (QED) is 0.102. The minimum Gasteiger partial charge on any atom is -0.466 e. The summed E-state index contributed by atoms with van der Waals surface area (Å²) in [6, 6.07) is 0. The Morgan fingerprint density at radius 3 is 1.39 bits per heavy atom. The van der Waals surface area contributed by atoms with Crippen molar-refractivity contribution in [3.05, 3.63) is 0 Å². The second-order valence-electron chi connectivity index (χ2n) is 8.79. The summed E-state index contributed by atoms with van der Waals surface area (Å²) in [7, 11) is 0. The largest absolute Gasteiger partial charge is 0.466 e. The van der Waals surface area contributed by atoms with Gasteiger partial charge in [0.25, 0.3) is 0 Å². The van der Waals surface area contributed by atoms with Crippen LogP contribution in [0.25, 0.3) is 0 Å². The molecule has 4 nitrogen and oxygen atoms in total. The van der Waals surface area contributed by atoms with Crippen molar-refractivity contribution in [2.75, 3.05) is 13.2 Å². The van der Waals surface area contributed by atoms with Gasteiger partial charge in [0.2, 0.25) is 0 Å². The number of thiol groups is 1. The van der Waals surface area contributed by atoms with Gasteiger partial charge in [-0.3, -0.25) is 9.59 Å². The first-order chi connectivity index (χ1) is 15.0. The van der Waals surface area contributed by atoms with Gasteiger partial charge in [-0.2, -0.15) is 12.6 Å². The number of hydrogen-bond donors (Lipinski definition) is 1. The number of ether oxygens (including phenoxy) is 2. The van der Waals surface area contributed by atoms with E-state index in [9.17, 15) is 9.59 Å². The summed E-state index contributed by atoms with van der Waals surface area (Å²) in [6.07, 6.45) is 21.4. The highest BCUT2D eigenvalue weighted by Crippen LogP contribution is 2.29. The smallest absolute Gasteiger partial charge is 0.322 e. The Labute approximate surface area is 198 Å². The molecule has 0 rings (SSSR count). The van der Waals surface area contributed by atoms with Gasteiger partial charge >= 0.3 is 11.9 Å². The Balaban J connectivity index is 3.72. The zero-order valence-electron chi connectivity index (χ0n) is 20.7. The molecule has 5 heteroatoms. The zero-order chi connectivity index (χ0) is 23.2. The average Bonchev–Trinajstić information content (AvgIpc) is 2.73. The monoisotopic (exact) mass is 458 g/mol. The van der Waals surface area contributed by atoms with Crippen molar-refractivity contribution in [1.29, 1.82) is 0 Å². The van der Waals surface area contributed by atoms with Crippen LogP contribution in [0.15, 0.2) is 0 Å². The van der Waals surface area contributed by atoms with E-state index >= 15 is 0 Å². The molecule has 0 bridgehead atoms. The third-order valence-electron chi connectivity index (χ3n) is 5.84. The van der Waals surface area contributed by atoms with Crippen molar-refractivity contribution in [2.45, 2.75) is 141 Å². The number of carbonyl (C=O) groups is 2. The number of hydrogen-bond acceptors (Lipinski definition) is 5. The second kappa shape index (κ2) is 21.2. The Bertz CT molecular complexity index is 441. The van der Waals surface area contributed by atoms with Crippen LogP contribution in [0.5, 0.6) is 0 Å². The van der Waals surface area contributed by atoms with Gasteiger partial charge in [0.15, 0.2) is 0 Å². The lowest BCUT2D eigenvalue weighted by molar-refractivity contribution is -0.153. The van der Waals surface area contributed by atoms with Gasteiger partial charge in [0, 0.05) is 0 Å². The molecule has 0 N–H and O–H groups in total. The standard InChI is InChI=1S/C26H50O4S/c1-4-7-8-9-10-11-12-13-14-15-16-17-18-19-20-21-22-26(31,25(28)30-6-3)23-24(27)29-5-2/h31H,4-23H2,1-3H3. The summed E-state index contributed by atoms with van der Waals surface area (Å²) in [6.45, 7) is 6.41. The number of carbonyl (C=O) groups excluding carboxylic acids is 2. The Hall–Kier alpha value is -0.710. The van der Waals surface area contributed by atoms with E-state index < -0.39 is 10.7 Å².